The number of carbonyl (C=O) groups excluding carboxylic acids is 1. The van der Waals surface area contributed by atoms with E-state index in [0.717, 1.165) is 57.0 Å². The number of aromatic amines is 1. The van der Waals surface area contributed by atoms with E-state index in [-0.39, 0.29) is 6.10 Å². The molecule has 4 rings (SSSR count). The van der Waals surface area contributed by atoms with E-state index in [1.165, 1.54) is 18.4 Å². The topological polar surface area (TPSA) is 71.1 Å². The Bertz CT molecular complexity index is 654. The number of H-pyrrole nitrogens is 1. The quantitative estimate of drug-likeness (QED) is 0.852. The van der Waals surface area contributed by atoms with Gasteiger partial charge in [0.05, 0.1) is 12.7 Å². The summed E-state index contributed by atoms with van der Waals surface area (Å²) in [4.78, 5) is 19.1. The van der Waals surface area contributed by atoms with Crippen molar-refractivity contribution in [3.05, 3.63) is 23.3 Å². The lowest BCUT2D eigenvalue weighted by Gasteiger charge is -2.36. The molecular weight excluding hydrogens is 316 g/mol. The van der Waals surface area contributed by atoms with Crippen molar-refractivity contribution in [2.75, 3.05) is 19.7 Å². The van der Waals surface area contributed by atoms with Gasteiger partial charge in [0.2, 0.25) is 5.91 Å². The second kappa shape index (κ2) is 7.28. The van der Waals surface area contributed by atoms with Crippen LogP contribution in [0.2, 0.25) is 0 Å². The van der Waals surface area contributed by atoms with Crippen molar-refractivity contribution in [1.29, 1.82) is 0 Å². The van der Waals surface area contributed by atoms with Crippen molar-refractivity contribution in [3.63, 3.8) is 0 Å². The van der Waals surface area contributed by atoms with Crippen LogP contribution in [0.5, 0.6) is 0 Å². The largest absolute Gasteiger partial charge is 0.377 e. The molecule has 3 atom stereocenters. The predicted molar refractivity (Wildman–Crippen MR) is 93.9 cm³/mol. The van der Waals surface area contributed by atoms with Gasteiger partial charge >= 0.3 is 0 Å². The van der Waals surface area contributed by atoms with Gasteiger partial charge in [-0.25, -0.2) is 4.98 Å². The van der Waals surface area contributed by atoms with Crippen LogP contribution in [0, 0.1) is 18.8 Å². The molecule has 1 N–H and O–H groups in total. The number of fused-ring (bicyclic) bond motifs is 1. The second-order valence-corrected chi connectivity index (χ2v) is 7.75. The van der Waals surface area contributed by atoms with Crippen LogP contribution < -0.4 is 0 Å². The summed E-state index contributed by atoms with van der Waals surface area (Å²) < 4.78 is 6.05. The first-order valence-electron chi connectivity index (χ1n) is 9.64. The van der Waals surface area contributed by atoms with E-state index >= 15 is 0 Å². The fraction of sp³-hybridized carbons (Fsp3) is 0.737. The van der Waals surface area contributed by atoms with Crippen LogP contribution in [-0.2, 0) is 16.0 Å². The molecular formula is C19H28N4O2. The van der Waals surface area contributed by atoms with Crippen molar-refractivity contribution in [2.24, 2.45) is 11.8 Å². The van der Waals surface area contributed by atoms with Gasteiger partial charge in [0.25, 0.3) is 0 Å². The number of nitrogens with zero attached hydrogens (tertiary/aromatic N) is 3. The Morgan fingerprint density at radius 2 is 2.36 bits per heavy atom. The van der Waals surface area contributed by atoms with Crippen molar-refractivity contribution in [2.45, 2.75) is 58.0 Å². The average Bonchev–Trinajstić information content (AvgIpc) is 3.22. The summed E-state index contributed by atoms with van der Waals surface area (Å²) >= 11 is 0. The summed E-state index contributed by atoms with van der Waals surface area (Å²) in [6.45, 7) is 4.38. The molecule has 0 spiro atoms. The van der Waals surface area contributed by atoms with Gasteiger partial charge in [0.15, 0.2) is 5.82 Å². The fourth-order valence-electron chi connectivity index (χ4n) is 4.56. The minimum absolute atomic E-state index is 0.193. The number of nitrogens with one attached hydrogen (secondary N) is 1. The molecule has 6 nitrogen and oxygen atoms in total. The highest BCUT2D eigenvalue weighted by Gasteiger charge is 2.42. The molecule has 1 aromatic rings. The van der Waals surface area contributed by atoms with Crippen LogP contribution in [0.3, 0.4) is 0 Å². The number of carbonyl (C=O) groups is 1. The summed E-state index contributed by atoms with van der Waals surface area (Å²) in [6.07, 6.45) is 9.65. The van der Waals surface area contributed by atoms with Crippen molar-refractivity contribution < 1.29 is 9.53 Å². The van der Waals surface area contributed by atoms with Gasteiger partial charge in [-0.1, -0.05) is 11.6 Å². The molecule has 0 saturated carbocycles. The molecule has 0 aromatic carbocycles. The standard InChI is InChI=1S/C19H28N4O2/c1-13-20-18(22-21-13)10-17-16-7-8-23(11-15(16)12-25-17)19(24)9-14-5-3-2-4-6-14/h5,15-17H,2-4,6-12H2,1H3,(H,20,21,22)/t15-,16-,17+/m1/s1. The monoisotopic (exact) mass is 344 g/mol. The van der Waals surface area contributed by atoms with Gasteiger partial charge in [0.1, 0.15) is 5.82 Å². The molecule has 2 aliphatic heterocycles. The van der Waals surface area contributed by atoms with Crippen molar-refractivity contribution in [3.8, 4) is 0 Å². The Balaban J connectivity index is 1.32. The van der Waals surface area contributed by atoms with Crippen LogP contribution in [0.15, 0.2) is 11.6 Å². The molecule has 6 heteroatoms. The number of hydrogen-bond donors (Lipinski definition) is 1. The summed E-state index contributed by atoms with van der Waals surface area (Å²) in [5.41, 5.74) is 1.35. The summed E-state index contributed by atoms with van der Waals surface area (Å²) in [6, 6.07) is 0. The van der Waals surface area contributed by atoms with Gasteiger partial charge in [-0.2, -0.15) is 5.10 Å². The van der Waals surface area contributed by atoms with E-state index in [9.17, 15) is 4.79 Å². The van der Waals surface area contributed by atoms with Gasteiger partial charge in [-0.3, -0.25) is 9.89 Å². The highest BCUT2D eigenvalue weighted by Crippen LogP contribution is 2.36. The van der Waals surface area contributed by atoms with E-state index in [1.54, 1.807) is 0 Å². The van der Waals surface area contributed by atoms with Crippen molar-refractivity contribution in [1.82, 2.24) is 20.1 Å². The van der Waals surface area contributed by atoms with Crippen LogP contribution >= 0.6 is 0 Å². The van der Waals surface area contributed by atoms with E-state index in [2.05, 4.69) is 26.2 Å². The van der Waals surface area contributed by atoms with Crippen LogP contribution in [0.4, 0.5) is 0 Å². The maximum absolute atomic E-state index is 12.7. The highest BCUT2D eigenvalue weighted by molar-refractivity contribution is 5.78. The molecule has 1 aliphatic carbocycles. The van der Waals surface area contributed by atoms with Crippen LogP contribution in [0.25, 0.3) is 0 Å². The first-order valence-corrected chi connectivity index (χ1v) is 9.64. The number of allylic oxidation sites excluding steroid dienone is 1. The Morgan fingerprint density at radius 3 is 3.12 bits per heavy atom. The molecule has 3 heterocycles. The van der Waals surface area contributed by atoms with Gasteiger partial charge < -0.3 is 9.64 Å². The molecule has 0 radical (unpaired) electrons. The molecule has 3 aliphatic rings. The Morgan fingerprint density at radius 1 is 1.44 bits per heavy atom. The first-order chi connectivity index (χ1) is 12.2. The van der Waals surface area contributed by atoms with Gasteiger partial charge in [-0.15, -0.1) is 0 Å². The number of ether oxygens (including phenoxy) is 1. The third-order valence-corrected chi connectivity index (χ3v) is 5.94. The smallest absolute Gasteiger partial charge is 0.226 e. The van der Waals surface area contributed by atoms with E-state index in [4.69, 9.17) is 4.74 Å². The lowest BCUT2D eigenvalue weighted by atomic mass is 9.83. The summed E-state index contributed by atoms with van der Waals surface area (Å²) in [7, 11) is 0. The number of likely N-dealkylation sites (tertiary alicyclic amines) is 1. The van der Waals surface area contributed by atoms with E-state index < -0.39 is 0 Å². The lowest BCUT2D eigenvalue weighted by molar-refractivity contribution is -0.132. The molecule has 1 amide bonds. The summed E-state index contributed by atoms with van der Waals surface area (Å²) in [5.74, 6) is 2.98. The number of rotatable bonds is 4. The molecule has 1 aromatic heterocycles. The third kappa shape index (κ3) is 3.78. The molecule has 2 saturated heterocycles. The zero-order valence-corrected chi connectivity index (χ0v) is 15.0. The van der Waals surface area contributed by atoms with Crippen LogP contribution in [0.1, 0.15) is 50.2 Å². The Labute approximate surface area is 149 Å². The molecule has 25 heavy (non-hydrogen) atoms. The summed E-state index contributed by atoms with van der Waals surface area (Å²) in [5, 5.41) is 7.14. The zero-order valence-electron chi connectivity index (χ0n) is 15.0. The maximum atomic E-state index is 12.7. The first kappa shape index (κ1) is 16.8. The SMILES string of the molecule is Cc1nc(C[C@@H]2OC[C@H]3CN(C(=O)CC4=CCCCC4)CC[C@H]32)n[nH]1. The second-order valence-electron chi connectivity index (χ2n) is 7.75. The normalized spacial score (nSPS) is 29.4. The molecule has 2 fully saturated rings. The maximum Gasteiger partial charge on any atom is 0.226 e. The zero-order chi connectivity index (χ0) is 17.2. The number of aromatic nitrogens is 3. The minimum atomic E-state index is 0.193. The number of hydrogen-bond acceptors (Lipinski definition) is 4. The Hall–Kier alpha value is -1.69. The van der Waals surface area contributed by atoms with Gasteiger partial charge in [0, 0.05) is 31.8 Å². The fourth-order valence-corrected chi connectivity index (χ4v) is 4.56. The lowest BCUT2D eigenvalue weighted by Crippen LogP contribution is -2.44. The third-order valence-electron chi connectivity index (χ3n) is 5.94. The van der Waals surface area contributed by atoms with Crippen molar-refractivity contribution >= 4 is 5.91 Å². The van der Waals surface area contributed by atoms with E-state index in [1.807, 2.05) is 6.92 Å². The van der Waals surface area contributed by atoms with E-state index in [0.29, 0.717) is 24.2 Å². The number of piperidine rings is 1. The Kier molecular flexibility index (Phi) is 4.88. The number of aryl methyl sites for hydroxylation is 1. The van der Waals surface area contributed by atoms with Gasteiger partial charge in [-0.05, 0) is 44.9 Å². The highest BCUT2D eigenvalue weighted by atomic mass is 16.5. The number of amides is 1. The molecule has 0 bridgehead atoms. The molecule has 0 unspecified atom stereocenters. The van der Waals surface area contributed by atoms with Crippen LogP contribution in [-0.4, -0.2) is 51.8 Å². The molecule has 136 valence electrons. The minimum Gasteiger partial charge on any atom is -0.377 e. The predicted octanol–water partition coefficient (Wildman–Crippen LogP) is 2.41. The average molecular weight is 344 g/mol.